The van der Waals surface area contributed by atoms with Crippen molar-refractivity contribution >= 4 is 12.0 Å². The van der Waals surface area contributed by atoms with E-state index in [-0.39, 0.29) is 31.5 Å². The van der Waals surface area contributed by atoms with E-state index in [1.54, 1.807) is 6.92 Å². The van der Waals surface area contributed by atoms with Crippen molar-refractivity contribution in [1.82, 2.24) is 4.98 Å². The lowest BCUT2D eigenvalue weighted by atomic mass is 10.5. The van der Waals surface area contributed by atoms with Crippen molar-refractivity contribution in [2.45, 2.75) is 13.1 Å². The van der Waals surface area contributed by atoms with E-state index in [2.05, 4.69) is 19.8 Å². The topological polar surface area (TPSA) is 73.6 Å². The predicted octanol–water partition coefficient (Wildman–Crippen LogP) is 1.84. The van der Waals surface area contributed by atoms with Gasteiger partial charge in [-0.25, -0.2) is 4.79 Å². The molecule has 0 saturated carbocycles. The lowest BCUT2D eigenvalue weighted by molar-refractivity contribution is -0.172. The van der Waals surface area contributed by atoms with Gasteiger partial charge < -0.3 is 19.2 Å². The predicted molar refractivity (Wildman–Crippen MR) is 57.8 cm³/mol. The molecule has 9 heteroatoms. The van der Waals surface area contributed by atoms with E-state index in [0.717, 1.165) is 6.26 Å². The standard InChI is InChI=1S/C10H13F3N2O4/c1-2-18-8(16)7-5-19-9(15-7)14-3-4-17-6-10(11,12)13/h5H,2-4,6H2,1H3,(H,14,15). The molecule has 0 aromatic carbocycles. The highest BCUT2D eigenvalue weighted by atomic mass is 19.4. The minimum absolute atomic E-state index is 0.0126. The fourth-order valence-electron chi connectivity index (χ4n) is 1.07. The zero-order chi connectivity index (χ0) is 14.3. The molecule has 0 aliphatic carbocycles. The summed E-state index contributed by atoms with van der Waals surface area (Å²) < 4.78 is 49.2. The summed E-state index contributed by atoms with van der Waals surface area (Å²) in [6.45, 7) is 0.443. The fraction of sp³-hybridized carbons (Fsp3) is 0.600. The highest BCUT2D eigenvalue weighted by molar-refractivity contribution is 5.87. The van der Waals surface area contributed by atoms with Crippen LogP contribution in [0.5, 0.6) is 0 Å². The molecule has 0 saturated heterocycles. The number of hydrogen-bond acceptors (Lipinski definition) is 6. The van der Waals surface area contributed by atoms with Gasteiger partial charge in [0.2, 0.25) is 0 Å². The van der Waals surface area contributed by atoms with Crippen LogP contribution in [0.4, 0.5) is 19.2 Å². The molecule has 1 heterocycles. The van der Waals surface area contributed by atoms with Crippen molar-refractivity contribution in [1.29, 1.82) is 0 Å². The van der Waals surface area contributed by atoms with Crippen molar-refractivity contribution in [2.24, 2.45) is 0 Å². The molecule has 108 valence electrons. The second-order valence-electron chi connectivity index (χ2n) is 3.35. The quantitative estimate of drug-likeness (QED) is 0.607. The molecule has 6 nitrogen and oxygen atoms in total. The van der Waals surface area contributed by atoms with E-state index >= 15 is 0 Å². The molecule has 0 radical (unpaired) electrons. The summed E-state index contributed by atoms with van der Waals surface area (Å²) in [4.78, 5) is 15.0. The van der Waals surface area contributed by atoms with Gasteiger partial charge in [0, 0.05) is 6.54 Å². The molecule has 1 N–H and O–H groups in total. The minimum atomic E-state index is -4.35. The van der Waals surface area contributed by atoms with E-state index in [1.807, 2.05) is 0 Å². The average Bonchev–Trinajstić information content (AvgIpc) is 2.76. The number of nitrogens with zero attached hydrogens (tertiary/aromatic N) is 1. The number of carbonyl (C=O) groups is 1. The van der Waals surface area contributed by atoms with Crippen LogP contribution in [-0.4, -0.2) is 43.5 Å². The number of halogens is 3. The first-order chi connectivity index (χ1) is 8.92. The number of hydrogen-bond donors (Lipinski definition) is 1. The summed E-state index contributed by atoms with van der Waals surface area (Å²) in [5.74, 6) is -0.632. The molecule has 1 aromatic rings. The van der Waals surface area contributed by atoms with Crippen LogP contribution in [0.2, 0.25) is 0 Å². The van der Waals surface area contributed by atoms with Crippen molar-refractivity contribution < 1.29 is 31.9 Å². The third kappa shape index (κ3) is 6.09. The molecule has 0 amide bonds. The first-order valence-corrected chi connectivity index (χ1v) is 5.43. The Kier molecular flexibility index (Phi) is 5.61. The average molecular weight is 282 g/mol. The van der Waals surface area contributed by atoms with E-state index in [4.69, 9.17) is 4.42 Å². The summed E-state index contributed by atoms with van der Waals surface area (Å²) in [7, 11) is 0. The first kappa shape index (κ1) is 15.3. The maximum Gasteiger partial charge on any atom is 0.411 e. The van der Waals surface area contributed by atoms with Gasteiger partial charge in [0.05, 0.1) is 13.2 Å². The van der Waals surface area contributed by atoms with Gasteiger partial charge in [-0.15, -0.1) is 0 Å². The number of anilines is 1. The zero-order valence-corrected chi connectivity index (χ0v) is 10.1. The number of alkyl halides is 3. The summed E-state index contributed by atoms with van der Waals surface area (Å²) in [5, 5.41) is 2.57. The Morgan fingerprint density at radius 2 is 2.26 bits per heavy atom. The molecular weight excluding hydrogens is 269 g/mol. The van der Waals surface area contributed by atoms with Crippen LogP contribution in [0.1, 0.15) is 17.4 Å². The Labute approximate surface area is 106 Å². The van der Waals surface area contributed by atoms with E-state index in [1.165, 1.54) is 0 Å². The van der Waals surface area contributed by atoms with Crippen LogP contribution in [0.15, 0.2) is 10.7 Å². The van der Waals surface area contributed by atoms with Crippen LogP contribution >= 0.6 is 0 Å². The molecule has 0 atom stereocenters. The summed E-state index contributed by atoms with van der Waals surface area (Å²) in [6, 6.07) is 0.0126. The van der Waals surface area contributed by atoms with Crippen molar-refractivity contribution in [3.8, 4) is 0 Å². The smallest absolute Gasteiger partial charge is 0.411 e. The third-order valence-electron chi connectivity index (χ3n) is 1.78. The summed E-state index contributed by atoms with van der Waals surface area (Å²) in [5.41, 5.74) is -0.0134. The monoisotopic (exact) mass is 282 g/mol. The number of rotatable bonds is 7. The largest absolute Gasteiger partial charge is 0.461 e. The Morgan fingerprint density at radius 3 is 2.89 bits per heavy atom. The Balaban J connectivity index is 2.25. The van der Waals surface area contributed by atoms with Crippen LogP contribution in [0, 0.1) is 0 Å². The van der Waals surface area contributed by atoms with Gasteiger partial charge in [-0.3, -0.25) is 0 Å². The SMILES string of the molecule is CCOC(=O)c1coc(NCCOCC(F)(F)F)n1. The van der Waals surface area contributed by atoms with Crippen LogP contribution in [0.3, 0.4) is 0 Å². The van der Waals surface area contributed by atoms with E-state index < -0.39 is 18.8 Å². The molecule has 0 spiro atoms. The van der Waals surface area contributed by atoms with Gasteiger partial charge in [0.25, 0.3) is 6.01 Å². The van der Waals surface area contributed by atoms with Crippen LogP contribution in [-0.2, 0) is 9.47 Å². The van der Waals surface area contributed by atoms with Gasteiger partial charge in [0.15, 0.2) is 5.69 Å². The maximum atomic E-state index is 11.7. The molecule has 1 aromatic heterocycles. The van der Waals surface area contributed by atoms with Gasteiger partial charge in [-0.05, 0) is 6.92 Å². The Morgan fingerprint density at radius 1 is 1.53 bits per heavy atom. The molecular formula is C10H13F3N2O4. The van der Waals surface area contributed by atoms with Gasteiger partial charge in [-0.1, -0.05) is 0 Å². The fourth-order valence-corrected chi connectivity index (χ4v) is 1.07. The van der Waals surface area contributed by atoms with Crippen molar-refractivity contribution in [3.63, 3.8) is 0 Å². The minimum Gasteiger partial charge on any atom is -0.461 e. The van der Waals surface area contributed by atoms with E-state index in [0.29, 0.717) is 0 Å². The van der Waals surface area contributed by atoms with E-state index in [9.17, 15) is 18.0 Å². The molecule has 0 aliphatic rings. The lowest BCUT2D eigenvalue weighted by Gasteiger charge is -2.07. The molecule has 19 heavy (non-hydrogen) atoms. The molecule has 1 rings (SSSR count). The number of esters is 1. The first-order valence-electron chi connectivity index (χ1n) is 5.43. The second-order valence-corrected chi connectivity index (χ2v) is 3.35. The Hall–Kier alpha value is -1.77. The molecule has 0 aliphatic heterocycles. The number of carbonyl (C=O) groups excluding carboxylic acids is 1. The van der Waals surface area contributed by atoms with Crippen molar-refractivity contribution in [3.05, 3.63) is 12.0 Å². The Bertz CT molecular complexity index is 406. The summed E-state index contributed by atoms with van der Waals surface area (Å²) in [6.07, 6.45) is -3.25. The third-order valence-corrected chi connectivity index (χ3v) is 1.78. The van der Waals surface area contributed by atoms with Crippen LogP contribution in [0.25, 0.3) is 0 Å². The molecule has 0 fully saturated rings. The highest BCUT2D eigenvalue weighted by Crippen LogP contribution is 2.14. The normalized spacial score (nSPS) is 11.4. The highest BCUT2D eigenvalue weighted by Gasteiger charge is 2.27. The zero-order valence-electron chi connectivity index (χ0n) is 10.1. The van der Waals surface area contributed by atoms with Crippen molar-refractivity contribution in [2.75, 3.05) is 31.7 Å². The van der Waals surface area contributed by atoms with Gasteiger partial charge in [-0.2, -0.15) is 18.2 Å². The second kappa shape index (κ2) is 6.98. The summed E-state index contributed by atoms with van der Waals surface area (Å²) >= 11 is 0. The lowest BCUT2D eigenvalue weighted by Crippen LogP contribution is -2.20. The number of oxazole rings is 1. The number of ether oxygens (including phenoxy) is 2. The van der Waals surface area contributed by atoms with Crippen LogP contribution < -0.4 is 5.32 Å². The maximum absolute atomic E-state index is 11.7. The molecule has 0 unspecified atom stereocenters. The van der Waals surface area contributed by atoms with Gasteiger partial charge >= 0.3 is 12.1 Å². The molecule has 0 bridgehead atoms. The van der Waals surface area contributed by atoms with Gasteiger partial charge in [0.1, 0.15) is 12.9 Å². The number of aromatic nitrogens is 1. The number of nitrogens with one attached hydrogen (secondary N) is 1.